The van der Waals surface area contributed by atoms with Crippen molar-refractivity contribution in [2.24, 2.45) is 0 Å². The molecule has 2 nitrogen and oxygen atoms in total. The van der Waals surface area contributed by atoms with Crippen LogP contribution in [-0.2, 0) is 0 Å². The predicted octanol–water partition coefficient (Wildman–Crippen LogP) is 3.58. The first kappa shape index (κ1) is 13.1. The summed E-state index contributed by atoms with van der Waals surface area (Å²) in [5.74, 6) is 0.479. The van der Waals surface area contributed by atoms with Crippen molar-refractivity contribution in [3.8, 4) is 6.07 Å². The lowest BCUT2D eigenvalue weighted by Crippen LogP contribution is -2.33. The third-order valence-electron chi connectivity index (χ3n) is 3.56. The lowest BCUT2D eigenvalue weighted by atomic mass is 9.88. The second-order valence-electron chi connectivity index (χ2n) is 4.68. The molecule has 1 aliphatic rings. The molecule has 0 radical (unpaired) electrons. The van der Waals surface area contributed by atoms with E-state index in [2.05, 4.69) is 23.6 Å². The highest BCUT2D eigenvalue weighted by Gasteiger charge is 2.22. The van der Waals surface area contributed by atoms with Gasteiger partial charge >= 0.3 is 0 Å². The number of nitrogens with zero attached hydrogens (tertiary/aromatic N) is 2. The van der Waals surface area contributed by atoms with E-state index in [1.165, 1.54) is 0 Å². The summed E-state index contributed by atoms with van der Waals surface area (Å²) < 4.78 is 0. The normalized spacial score (nSPS) is 17.3. The summed E-state index contributed by atoms with van der Waals surface area (Å²) >= 11 is 6.29. The fourth-order valence-corrected chi connectivity index (χ4v) is 2.88. The van der Waals surface area contributed by atoms with Gasteiger partial charge < -0.3 is 0 Å². The lowest BCUT2D eigenvalue weighted by molar-refractivity contribution is 0.232. The van der Waals surface area contributed by atoms with Crippen LogP contribution in [0.15, 0.2) is 30.9 Å². The van der Waals surface area contributed by atoms with Gasteiger partial charge in [-0.25, -0.2) is 0 Å². The first-order chi connectivity index (χ1) is 8.76. The van der Waals surface area contributed by atoms with Gasteiger partial charge in [0.1, 0.15) is 6.07 Å². The van der Waals surface area contributed by atoms with Crippen molar-refractivity contribution in [3.05, 3.63) is 47.0 Å². The molecule has 3 heteroatoms. The zero-order valence-electron chi connectivity index (χ0n) is 10.4. The van der Waals surface area contributed by atoms with E-state index in [0.717, 1.165) is 38.0 Å². The Bertz CT molecular complexity index is 468. The average molecular weight is 261 g/mol. The zero-order chi connectivity index (χ0) is 13.0. The summed E-state index contributed by atoms with van der Waals surface area (Å²) in [6.07, 6.45) is 4.15. The van der Waals surface area contributed by atoms with Crippen molar-refractivity contribution >= 4 is 11.6 Å². The molecule has 2 rings (SSSR count). The Kier molecular flexibility index (Phi) is 4.41. The summed E-state index contributed by atoms with van der Waals surface area (Å²) in [4.78, 5) is 2.39. The number of benzene rings is 1. The van der Waals surface area contributed by atoms with Crippen LogP contribution in [-0.4, -0.2) is 24.5 Å². The van der Waals surface area contributed by atoms with Gasteiger partial charge in [0.05, 0.1) is 10.6 Å². The van der Waals surface area contributed by atoms with Crippen LogP contribution in [0.2, 0.25) is 5.02 Å². The lowest BCUT2D eigenvalue weighted by Gasteiger charge is -2.31. The first-order valence-corrected chi connectivity index (χ1v) is 6.65. The molecule has 0 amide bonds. The van der Waals surface area contributed by atoms with Gasteiger partial charge in [0.2, 0.25) is 0 Å². The molecule has 0 bridgehead atoms. The number of halogens is 1. The van der Waals surface area contributed by atoms with Crippen LogP contribution in [0, 0.1) is 11.3 Å². The van der Waals surface area contributed by atoms with E-state index >= 15 is 0 Å². The molecule has 1 aromatic rings. The van der Waals surface area contributed by atoms with Gasteiger partial charge in [0.15, 0.2) is 0 Å². The summed E-state index contributed by atoms with van der Waals surface area (Å²) in [6, 6.07) is 7.90. The average Bonchev–Trinajstić information content (AvgIpc) is 2.41. The monoisotopic (exact) mass is 260 g/mol. The van der Waals surface area contributed by atoms with E-state index in [9.17, 15) is 0 Å². The summed E-state index contributed by atoms with van der Waals surface area (Å²) in [7, 11) is 0. The van der Waals surface area contributed by atoms with Crippen molar-refractivity contribution < 1.29 is 0 Å². The van der Waals surface area contributed by atoms with E-state index < -0.39 is 0 Å². The maximum absolute atomic E-state index is 9.00. The molecule has 0 unspecified atom stereocenters. The fourth-order valence-electron chi connectivity index (χ4n) is 2.56. The highest BCUT2D eigenvalue weighted by Crippen LogP contribution is 2.34. The minimum atomic E-state index is 0.479. The number of hydrogen-bond acceptors (Lipinski definition) is 2. The SMILES string of the molecule is C=CCN1CCC(c2cccc(C#N)c2Cl)CC1. The Morgan fingerprint density at radius 3 is 2.78 bits per heavy atom. The number of hydrogen-bond donors (Lipinski definition) is 0. The third-order valence-corrected chi connectivity index (χ3v) is 3.99. The second kappa shape index (κ2) is 6.04. The van der Waals surface area contributed by atoms with Crippen LogP contribution in [0.1, 0.15) is 29.9 Å². The Morgan fingerprint density at radius 1 is 1.44 bits per heavy atom. The van der Waals surface area contributed by atoms with Crippen LogP contribution >= 0.6 is 11.6 Å². The molecule has 0 N–H and O–H groups in total. The van der Waals surface area contributed by atoms with E-state index in [1.807, 2.05) is 12.1 Å². The van der Waals surface area contributed by atoms with Gasteiger partial charge in [-0.15, -0.1) is 6.58 Å². The zero-order valence-corrected chi connectivity index (χ0v) is 11.2. The fraction of sp³-hybridized carbons (Fsp3) is 0.400. The van der Waals surface area contributed by atoms with Crippen LogP contribution in [0.3, 0.4) is 0 Å². The van der Waals surface area contributed by atoms with Gasteiger partial charge in [0, 0.05) is 6.54 Å². The summed E-state index contributed by atoms with van der Waals surface area (Å²) in [5, 5.41) is 9.64. The molecule has 18 heavy (non-hydrogen) atoms. The molecular formula is C15H17ClN2. The van der Waals surface area contributed by atoms with Crippen LogP contribution < -0.4 is 0 Å². The molecule has 0 aromatic heterocycles. The van der Waals surface area contributed by atoms with Gasteiger partial charge in [-0.3, -0.25) is 4.90 Å². The minimum Gasteiger partial charge on any atom is -0.300 e. The Morgan fingerprint density at radius 2 is 2.17 bits per heavy atom. The van der Waals surface area contributed by atoms with E-state index in [4.69, 9.17) is 16.9 Å². The number of nitriles is 1. The highest BCUT2D eigenvalue weighted by molar-refractivity contribution is 6.32. The maximum Gasteiger partial charge on any atom is 0.101 e. The molecule has 0 saturated carbocycles. The van der Waals surface area contributed by atoms with Crippen molar-refractivity contribution in [1.29, 1.82) is 5.26 Å². The van der Waals surface area contributed by atoms with Crippen LogP contribution in [0.4, 0.5) is 0 Å². The number of piperidine rings is 1. The standard InChI is InChI=1S/C15H17ClN2/c1-2-8-18-9-6-12(7-10-18)14-5-3-4-13(11-17)15(14)16/h2-5,12H,1,6-10H2. The Labute approximate surface area is 113 Å². The highest BCUT2D eigenvalue weighted by atomic mass is 35.5. The second-order valence-corrected chi connectivity index (χ2v) is 5.06. The Balaban J connectivity index is 2.10. The third kappa shape index (κ3) is 2.75. The van der Waals surface area contributed by atoms with E-state index in [-0.39, 0.29) is 0 Å². The molecule has 1 heterocycles. The molecule has 1 saturated heterocycles. The van der Waals surface area contributed by atoms with Crippen molar-refractivity contribution in [2.45, 2.75) is 18.8 Å². The van der Waals surface area contributed by atoms with E-state index in [0.29, 0.717) is 16.5 Å². The molecule has 0 spiro atoms. The quantitative estimate of drug-likeness (QED) is 0.777. The molecule has 0 atom stereocenters. The number of rotatable bonds is 3. The molecule has 94 valence electrons. The van der Waals surface area contributed by atoms with Gasteiger partial charge in [-0.05, 0) is 43.5 Å². The molecule has 1 fully saturated rings. The number of likely N-dealkylation sites (tertiary alicyclic amines) is 1. The molecule has 0 aliphatic carbocycles. The molecular weight excluding hydrogens is 244 g/mol. The van der Waals surface area contributed by atoms with Gasteiger partial charge in [-0.1, -0.05) is 29.8 Å². The van der Waals surface area contributed by atoms with Crippen molar-refractivity contribution in [1.82, 2.24) is 4.90 Å². The van der Waals surface area contributed by atoms with Crippen LogP contribution in [0.5, 0.6) is 0 Å². The maximum atomic E-state index is 9.00. The summed E-state index contributed by atoms with van der Waals surface area (Å²) in [5.41, 5.74) is 1.72. The van der Waals surface area contributed by atoms with Crippen molar-refractivity contribution in [3.63, 3.8) is 0 Å². The largest absolute Gasteiger partial charge is 0.300 e. The summed E-state index contributed by atoms with van der Waals surface area (Å²) in [6.45, 7) is 6.87. The molecule has 1 aromatic carbocycles. The first-order valence-electron chi connectivity index (χ1n) is 6.28. The minimum absolute atomic E-state index is 0.479. The Hall–Kier alpha value is -1.30. The predicted molar refractivity (Wildman–Crippen MR) is 74.8 cm³/mol. The smallest absolute Gasteiger partial charge is 0.101 e. The topological polar surface area (TPSA) is 27.0 Å². The van der Waals surface area contributed by atoms with Gasteiger partial charge in [-0.2, -0.15) is 5.26 Å². The van der Waals surface area contributed by atoms with E-state index in [1.54, 1.807) is 6.07 Å². The molecule has 1 aliphatic heterocycles. The van der Waals surface area contributed by atoms with Gasteiger partial charge in [0.25, 0.3) is 0 Å². The van der Waals surface area contributed by atoms with Crippen LogP contribution in [0.25, 0.3) is 0 Å². The van der Waals surface area contributed by atoms with Crippen molar-refractivity contribution in [2.75, 3.05) is 19.6 Å².